The molecular formula is C29H30N4O2S2. The van der Waals surface area contributed by atoms with Crippen molar-refractivity contribution in [3.05, 3.63) is 87.6 Å². The van der Waals surface area contributed by atoms with Crippen LogP contribution in [0.2, 0.25) is 0 Å². The highest BCUT2D eigenvalue weighted by molar-refractivity contribution is 8.00. The van der Waals surface area contributed by atoms with E-state index in [1.807, 2.05) is 41.9 Å². The number of anilines is 1. The van der Waals surface area contributed by atoms with Crippen molar-refractivity contribution in [2.75, 3.05) is 23.7 Å². The van der Waals surface area contributed by atoms with Gasteiger partial charge in [-0.05, 0) is 43.3 Å². The summed E-state index contributed by atoms with van der Waals surface area (Å²) in [5.74, 6) is 0.683. The first-order valence-electron chi connectivity index (χ1n) is 12.5. The average molecular weight is 531 g/mol. The highest BCUT2D eigenvalue weighted by Gasteiger charge is 2.38. The van der Waals surface area contributed by atoms with E-state index in [4.69, 9.17) is 5.10 Å². The fraction of sp³-hybridized carbons (Fsp3) is 0.276. The second-order valence-corrected chi connectivity index (χ2v) is 11.3. The van der Waals surface area contributed by atoms with E-state index >= 15 is 0 Å². The molecule has 1 atom stereocenters. The van der Waals surface area contributed by atoms with Gasteiger partial charge in [0.2, 0.25) is 11.8 Å². The lowest BCUT2D eigenvalue weighted by molar-refractivity contribution is -0.122. The van der Waals surface area contributed by atoms with Gasteiger partial charge in [-0.1, -0.05) is 61.0 Å². The van der Waals surface area contributed by atoms with E-state index in [0.717, 1.165) is 44.9 Å². The zero-order chi connectivity index (χ0) is 25.9. The monoisotopic (exact) mass is 530 g/mol. The van der Waals surface area contributed by atoms with E-state index in [2.05, 4.69) is 54.9 Å². The maximum Gasteiger partial charge on any atom is 0.240 e. The van der Waals surface area contributed by atoms with Crippen LogP contribution in [0.3, 0.4) is 0 Å². The molecule has 8 heteroatoms. The molecule has 1 aliphatic rings. The van der Waals surface area contributed by atoms with E-state index in [9.17, 15) is 9.59 Å². The van der Waals surface area contributed by atoms with Crippen LogP contribution in [0.25, 0.3) is 16.9 Å². The smallest absolute Gasteiger partial charge is 0.240 e. The van der Waals surface area contributed by atoms with Gasteiger partial charge in [0.15, 0.2) is 0 Å². The predicted molar refractivity (Wildman–Crippen MR) is 153 cm³/mol. The third-order valence-electron chi connectivity index (χ3n) is 6.39. The highest BCUT2D eigenvalue weighted by atomic mass is 32.2. The summed E-state index contributed by atoms with van der Waals surface area (Å²) in [5.41, 5.74) is 5.88. The summed E-state index contributed by atoms with van der Waals surface area (Å²) in [6.45, 7) is 6.66. The van der Waals surface area contributed by atoms with Crippen LogP contribution in [0.15, 0.2) is 66.0 Å². The molecule has 0 aliphatic carbocycles. The van der Waals surface area contributed by atoms with Gasteiger partial charge in [0.1, 0.15) is 12.4 Å². The van der Waals surface area contributed by atoms with Crippen molar-refractivity contribution in [3.8, 4) is 16.9 Å². The lowest BCUT2D eigenvalue weighted by Gasteiger charge is -2.23. The van der Waals surface area contributed by atoms with Gasteiger partial charge in [-0.25, -0.2) is 4.68 Å². The number of thiophene rings is 1. The maximum atomic E-state index is 13.7. The number of rotatable bonds is 7. The van der Waals surface area contributed by atoms with Crippen molar-refractivity contribution in [1.29, 1.82) is 0 Å². The van der Waals surface area contributed by atoms with Crippen LogP contribution >= 0.6 is 23.1 Å². The lowest BCUT2D eigenvalue weighted by Crippen LogP contribution is -2.42. The van der Waals surface area contributed by atoms with Crippen LogP contribution in [0, 0.1) is 13.8 Å². The third kappa shape index (κ3) is 5.08. The Morgan fingerprint density at radius 1 is 1.11 bits per heavy atom. The molecule has 37 heavy (non-hydrogen) atoms. The van der Waals surface area contributed by atoms with Gasteiger partial charge < -0.3 is 5.32 Å². The van der Waals surface area contributed by atoms with Crippen molar-refractivity contribution in [3.63, 3.8) is 0 Å². The number of hydrogen-bond donors (Lipinski definition) is 1. The lowest BCUT2D eigenvalue weighted by atomic mass is 10.0. The molecule has 1 aliphatic heterocycles. The number of nitrogens with zero attached hydrogens (tertiary/aromatic N) is 3. The van der Waals surface area contributed by atoms with E-state index in [0.29, 0.717) is 12.4 Å². The topological polar surface area (TPSA) is 67.2 Å². The first kappa shape index (κ1) is 25.3. The third-order valence-corrected chi connectivity index (χ3v) is 8.72. The molecule has 0 saturated heterocycles. The van der Waals surface area contributed by atoms with E-state index in [-0.39, 0.29) is 29.4 Å². The Balaban J connectivity index is 1.79. The molecule has 190 valence electrons. The van der Waals surface area contributed by atoms with Gasteiger partial charge in [-0.15, -0.1) is 23.1 Å². The largest absolute Gasteiger partial charge is 0.355 e. The van der Waals surface area contributed by atoms with E-state index in [1.54, 1.807) is 28.0 Å². The molecule has 2 aromatic carbocycles. The molecule has 2 amide bonds. The van der Waals surface area contributed by atoms with Crippen LogP contribution in [0.4, 0.5) is 5.82 Å². The molecule has 5 rings (SSSR count). The number of carbonyl (C=O) groups excluding carboxylic acids is 2. The van der Waals surface area contributed by atoms with Crippen LogP contribution in [0.1, 0.15) is 40.2 Å². The Morgan fingerprint density at radius 2 is 1.92 bits per heavy atom. The summed E-state index contributed by atoms with van der Waals surface area (Å²) in [6.07, 6.45) is 0.833. The predicted octanol–water partition coefficient (Wildman–Crippen LogP) is 5.91. The Hall–Kier alpha value is -3.36. The molecule has 4 aromatic rings. The molecule has 0 bridgehead atoms. The molecule has 0 radical (unpaired) electrons. The number of thioether (sulfide) groups is 1. The number of aryl methyl sites for hydroxylation is 2. The zero-order valence-corrected chi connectivity index (χ0v) is 22.9. The first-order chi connectivity index (χ1) is 18.0. The molecule has 2 aromatic heterocycles. The molecule has 0 unspecified atom stereocenters. The quantitative estimate of drug-likeness (QED) is 0.322. The maximum absolute atomic E-state index is 13.7. The molecule has 6 nitrogen and oxygen atoms in total. The molecule has 0 saturated carbocycles. The normalized spacial score (nSPS) is 15.4. The fourth-order valence-corrected chi connectivity index (χ4v) is 6.84. The summed E-state index contributed by atoms with van der Waals surface area (Å²) < 4.78 is 1.88. The van der Waals surface area contributed by atoms with Crippen molar-refractivity contribution in [2.45, 2.75) is 32.4 Å². The summed E-state index contributed by atoms with van der Waals surface area (Å²) in [4.78, 5) is 29.4. The molecule has 0 fully saturated rings. The van der Waals surface area contributed by atoms with Crippen molar-refractivity contribution < 1.29 is 9.59 Å². The minimum atomic E-state index is -0.171. The van der Waals surface area contributed by atoms with Gasteiger partial charge in [0.05, 0.1) is 22.4 Å². The van der Waals surface area contributed by atoms with Crippen molar-refractivity contribution in [2.24, 2.45) is 0 Å². The number of aromatic nitrogens is 2. The van der Waals surface area contributed by atoms with Gasteiger partial charge in [0.25, 0.3) is 0 Å². The molecular weight excluding hydrogens is 500 g/mol. The molecule has 1 N–H and O–H groups in total. The summed E-state index contributed by atoms with van der Waals surface area (Å²) in [5, 5.41) is 10.1. The fourth-order valence-electron chi connectivity index (χ4n) is 4.67. The van der Waals surface area contributed by atoms with Crippen LogP contribution in [0.5, 0.6) is 0 Å². The number of benzene rings is 2. The van der Waals surface area contributed by atoms with Gasteiger partial charge >= 0.3 is 0 Å². The molecule has 3 heterocycles. The standard InChI is InChI=1S/C29H30N4O2S2/c1-4-14-30-24(34)17-32-25(35)18-37-28(23-11-8-15-36-23)26-27(21-9-6-5-7-10-21)31-33(29(26)32)22-13-12-19(2)16-20(22)3/h5-13,15-16,28H,4,14,17-18H2,1-3H3,(H,30,34)/t28-/m0/s1. The van der Waals surface area contributed by atoms with Crippen LogP contribution in [-0.2, 0) is 9.59 Å². The van der Waals surface area contributed by atoms with Gasteiger partial charge in [-0.3, -0.25) is 14.5 Å². The van der Waals surface area contributed by atoms with E-state index in [1.165, 1.54) is 0 Å². The SMILES string of the molecule is CCCNC(=O)CN1C(=O)CS[C@@H](c2cccs2)c2c(-c3ccccc3)nn(-c3ccc(C)cc3C)c21. The van der Waals surface area contributed by atoms with Gasteiger partial charge in [-0.2, -0.15) is 5.10 Å². The summed E-state index contributed by atoms with van der Waals surface area (Å²) in [6, 6.07) is 20.5. The van der Waals surface area contributed by atoms with Crippen LogP contribution < -0.4 is 10.2 Å². The average Bonchev–Trinajstić information content (AvgIpc) is 3.53. The van der Waals surface area contributed by atoms with Gasteiger partial charge in [0, 0.05) is 22.5 Å². The summed E-state index contributed by atoms with van der Waals surface area (Å²) >= 11 is 3.28. The number of amides is 2. The number of nitrogens with one attached hydrogen (secondary N) is 1. The van der Waals surface area contributed by atoms with Crippen molar-refractivity contribution in [1.82, 2.24) is 15.1 Å². The highest BCUT2D eigenvalue weighted by Crippen LogP contribution is 2.49. The second kappa shape index (κ2) is 10.9. The zero-order valence-electron chi connectivity index (χ0n) is 21.2. The minimum absolute atomic E-state index is 0.0472. The van der Waals surface area contributed by atoms with E-state index < -0.39 is 0 Å². The Labute approximate surface area is 225 Å². The number of hydrogen-bond acceptors (Lipinski definition) is 5. The Morgan fingerprint density at radius 3 is 2.62 bits per heavy atom. The minimum Gasteiger partial charge on any atom is -0.355 e. The Bertz CT molecular complexity index is 1410. The number of carbonyl (C=O) groups is 2. The summed E-state index contributed by atoms with van der Waals surface area (Å²) in [7, 11) is 0. The van der Waals surface area contributed by atoms with Crippen LogP contribution in [-0.4, -0.2) is 40.4 Å². The Kier molecular flexibility index (Phi) is 7.48. The van der Waals surface area contributed by atoms with Crippen molar-refractivity contribution >= 4 is 40.7 Å². The first-order valence-corrected chi connectivity index (χ1v) is 14.4. The number of fused-ring (bicyclic) bond motifs is 1. The molecule has 0 spiro atoms. The second-order valence-electron chi connectivity index (χ2n) is 9.19.